The van der Waals surface area contributed by atoms with Gasteiger partial charge in [-0.3, -0.25) is 9.78 Å². The number of carbonyl (C=O) groups is 1. The van der Waals surface area contributed by atoms with Crippen LogP contribution < -0.4 is 14.2 Å². The smallest absolute Gasteiger partial charge is 0.264 e. The summed E-state index contributed by atoms with van der Waals surface area (Å²) in [5.41, 5.74) is 2.26. The Morgan fingerprint density at radius 2 is 1.87 bits per heavy atom. The lowest BCUT2D eigenvalue weighted by Gasteiger charge is -2.21. The van der Waals surface area contributed by atoms with Gasteiger partial charge in [0.15, 0.2) is 0 Å². The van der Waals surface area contributed by atoms with Gasteiger partial charge in [0.05, 0.1) is 30.0 Å². The van der Waals surface area contributed by atoms with Crippen LogP contribution in [0.15, 0.2) is 65.7 Å². The lowest BCUT2D eigenvalue weighted by atomic mass is 9.88. The van der Waals surface area contributed by atoms with Crippen LogP contribution >= 0.6 is 11.6 Å². The molecule has 2 aromatic heterocycles. The van der Waals surface area contributed by atoms with E-state index in [1.165, 1.54) is 20.3 Å². The second kappa shape index (κ2) is 9.56. The molecular weight excluding hydrogens is 526 g/mol. The minimum absolute atomic E-state index is 0.0198. The number of ether oxygens (including phenoxy) is 2. The summed E-state index contributed by atoms with van der Waals surface area (Å²) in [7, 11) is -1.26. The van der Waals surface area contributed by atoms with Crippen LogP contribution in [0, 0.1) is 13.8 Å². The van der Waals surface area contributed by atoms with E-state index in [-0.39, 0.29) is 16.7 Å². The molecule has 4 aromatic rings. The van der Waals surface area contributed by atoms with Gasteiger partial charge in [0.1, 0.15) is 10.8 Å². The molecule has 1 aliphatic carbocycles. The Morgan fingerprint density at radius 1 is 1.08 bits per heavy atom. The summed E-state index contributed by atoms with van der Waals surface area (Å²) in [6.07, 6.45) is 1.94. The summed E-state index contributed by atoms with van der Waals surface area (Å²) in [5.74, 6) is -0.291. The van der Waals surface area contributed by atoms with Crippen LogP contribution in [0.4, 0.5) is 0 Å². The molecule has 1 N–H and O–H groups in total. The van der Waals surface area contributed by atoms with Gasteiger partial charge in [-0.1, -0.05) is 35.4 Å². The van der Waals surface area contributed by atoms with E-state index in [0.717, 1.165) is 11.3 Å². The van der Waals surface area contributed by atoms with Gasteiger partial charge in [-0.25, -0.2) is 18.1 Å². The second-order valence-electron chi connectivity index (χ2n) is 9.40. The molecule has 8 nitrogen and oxygen atoms in total. The zero-order valence-corrected chi connectivity index (χ0v) is 22.9. The summed E-state index contributed by atoms with van der Waals surface area (Å²) in [6, 6.07) is 15.4. The van der Waals surface area contributed by atoms with Crippen LogP contribution in [0.5, 0.6) is 11.6 Å². The number of aromatic nitrogens is 2. The molecule has 1 fully saturated rings. The standard InChI is InChI=1S/C28H26ClN3O5S/c1-16-8-11-24(36-3)20(12-16)28(14-21(28)18-13-22(29)26(37-4)30-15-18)27(33)32-38(34,35)25-7-5-6-23-19(25)10-9-17(2)31-23/h5-13,15,21H,14H2,1-4H3,(H,32,33)/t21-,28-/m1/s1. The first-order valence-electron chi connectivity index (χ1n) is 11.9. The number of hydrogen-bond donors (Lipinski definition) is 1. The Bertz CT molecular complexity index is 1690. The molecule has 196 valence electrons. The van der Waals surface area contributed by atoms with E-state index in [4.69, 9.17) is 21.1 Å². The molecule has 0 unspecified atom stereocenters. The Balaban J connectivity index is 1.60. The highest BCUT2D eigenvalue weighted by molar-refractivity contribution is 7.90. The normalized spacial score (nSPS) is 18.7. The van der Waals surface area contributed by atoms with Crippen molar-refractivity contribution in [1.29, 1.82) is 0 Å². The molecule has 38 heavy (non-hydrogen) atoms. The van der Waals surface area contributed by atoms with Crippen molar-refractivity contribution < 1.29 is 22.7 Å². The fourth-order valence-corrected chi connectivity index (χ4v) is 6.53. The van der Waals surface area contributed by atoms with Crippen molar-refractivity contribution in [1.82, 2.24) is 14.7 Å². The van der Waals surface area contributed by atoms with E-state index in [1.807, 2.05) is 26.0 Å². The average molecular weight is 552 g/mol. The monoisotopic (exact) mass is 551 g/mol. The number of hydrogen-bond acceptors (Lipinski definition) is 7. The molecule has 5 rings (SSSR count). The fraction of sp³-hybridized carbons (Fsp3) is 0.250. The molecule has 2 aromatic carbocycles. The van der Waals surface area contributed by atoms with Crippen LogP contribution in [-0.2, 0) is 20.2 Å². The average Bonchev–Trinajstić information content (AvgIpc) is 3.65. The summed E-state index contributed by atoms with van der Waals surface area (Å²) in [5, 5.41) is 0.729. The molecule has 2 atom stereocenters. The van der Waals surface area contributed by atoms with Gasteiger partial charge in [-0.05, 0) is 62.2 Å². The number of nitrogens with one attached hydrogen (secondary N) is 1. The summed E-state index contributed by atoms with van der Waals surface area (Å²) in [6.45, 7) is 3.73. The first-order valence-corrected chi connectivity index (χ1v) is 13.7. The van der Waals surface area contributed by atoms with E-state index in [0.29, 0.717) is 39.2 Å². The number of halogens is 1. The Morgan fingerprint density at radius 3 is 2.58 bits per heavy atom. The van der Waals surface area contributed by atoms with Crippen LogP contribution in [-0.4, -0.2) is 38.5 Å². The molecular formula is C28H26ClN3O5S. The van der Waals surface area contributed by atoms with E-state index in [9.17, 15) is 13.2 Å². The quantitative estimate of drug-likeness (QED) is 0.350. The number of nitrogens with zero attached hydrogens (tertiary/aromatic N) is 2. The largest absolute Gasteiger partial charge is 0.496 e. The van der Waals surface area contributed by atoms with Gasteiger partial charge in [-0.2, -0.15) is 0 Å². The first-order chi connectivity index (χ1) is 18.1. The highest BCUT2D eigenvalue weighted by atomic mass is 35.5. The molecule has 0 bridgehead atoms. The molecule has 0 saturated heterocycles. The number of rotatable bonds is 7. The van der Waals surface area contributed by atoms with Gasteiger partial charge in [0.25, 0.3) is 10.0 Å². The van der Waals surface area contributed by atoms with Crippen LogP contribution in [0.1, 0.15) is 34.7 Å². The third-order valence-electron chi connectivity index (χ3n) is 6.97. The van der Waals surface area contributed by atoms with Gasteiger partial charge < -0.3 is 9.47 Å². The highest BCUT2D eigenvalue weighted by Crippen LogP contribution is 2.63. The number of amides is 1. The molecule has 2 heterocycles. The maximum Gasteiger partial charge on any atom is 0.264 e. The minimum Gasteiger partial charge on any atom is -0.496 e. The number of fused-ring (bicyclic) bond motifs is 1. The maximum atomic E-state index is 14.0. The predicted octanol–water partition coefficient (Wildman–Crippen LogP) is 4.85. The number of pyridine rings is 2. The van der Waals surface area contributed by atoms with Crippen LogP contribution in [0.3, 0.4) is 0 Å². The van der Waals surface area contributed by atoms with Gasteiger partial charge in [0, 0.05) is 28.8 Å². The fourth-order valence-electron chi connectivity index (χ4n) is 5.02. The van der Waals surface area contributed by atoms with Crippen molar-refractivity contribution in [3.05, 3.63) is 88.2 Å². The molecule has 0 spiro atoms. The molecule has 10 heteroatoms. The Labute approximate surface area is 226 Å². The number of aryl methyl sites for hydroxylation is 2. The molecule has 1 saturated carbocycles. The van der Waals surface area contributed by atoms with Crippen molar-refractivity contribution >= 4 is 38.4 Å². The molecule has 1 amide bonds. The van der Waals surface area contributed by atoms with Gasteiger partial charge in [-0.15, -0.1) is 0 Å². The molecule has 1 aliphatic rings. The van der Waals surface area contributed by atoms with Crippen molar-refractivity contribution in [2.45, 2.75) is 36.5 Å². The Hall–Kier alpha value is -3.69. The predicted molar refractivity (Wildman–Crippen MR) is 144 cm³/mol. The number of sulfonamides is 1. The summed E-state index contributed by atoms with van der Waals surface area (Å²) in [4.78, 5) is 22.7. The van der Waals surface area contributed by atoms with Crippen LogP contribution in [0.25, 0.3) is 10.9 Å². The third-order valence-corrected chi connectivity index (χ3v) is 8.63. The summed E-state index contributed by atoms with van der Waals surface area (Å²) >= 11 is 6.34. The lowest BCUT2D eigenvalue weighted by molar-refractivity contribution is -0.122. The molecule has 0 radical (unpaired) electrons. The van der Waals surface area contributed by atoms with Crippen molar-refractivity contribution in [3.63, 3.8) is 0 Å². The minimum atomic E-state index is -4.25. The summed E-state index contributed by atoms with van der Waals surface area (Å²) < 4.78 is 40.3. The Kier molecular flexibility index (Phi) is 6.53. The lowest BCUT2D eigenvalue weighted by Crippen LogP contribution is -2.40. The second-order valence-corrected chi connectivity index (χ2v) is 11.5. The topological polar surface area (TPSA) is 107 Å². The zero-order valence-electron chi connectivity index (χ0n) is 21.3. The first kappa shape index (κ1) is 25.9. The molecule has 0 aliphatic heterocycles. The van der Waals surface area contributed by atoms with E-state index < -0.39 is 21.3 Å². The maximum absolute atomic E-state index is 14.0. The van der Waals surface area contributed by atoms with E-state index in [2.05, 4.69) is 14.7 Å². The SMILES string of the molecule is COc1ccc(C)cc1[C@]1(C(=O)NS(=O)(=O)c2cccc3nc(C)ccc23)C[C@@H]1c1cnc(OC)c(Cl)c1. The van der Waals surface area contributed by atoms with Crippen LogP contribution in [0.2, 0.25) is 5.02 Å². The number of benzene rings is 2. The number of carbonyl (C=O) groups excluding carboxylic acids is 1. The number of methoxy groups -OCH3 is 2. The van der Waals surface area contributed by atoms with Crippen molar-refractivity contribution in [2.24, 2.45) is 0 Å². The van der Waals surface area contributed by atoms with Crippen molar-refractivity contribution in [2.75, 3.05) is 14.2 Å². The van der Waals surface area contributed by atoms with Gasteiger partial charge >= 0.3 is 0 Å². The zero-order chi connectivity index (χ0) is 27.2. The van der Waals surface area contributed by atoms with Gasteiger partial charge in [0.2, 0.25) is 11.8 Å². The third kappa shape index (κ3) is 4.35. The van der Waals surface area contributed by atoms with E-state index in [1.54, 1.807) is 42.6 Å². The van der Waals surface area contributed by atoms with Crippen molar-refractivity contribution in [3.8, 4) is 11.6 Å². The van der Waals surface area contributed by atoms with E-state index >= 15 is 0 Å². The highest BCUT2D eigenvalue weighted by Gasteiger charge is 2.63.